The molecule has 2 aromatic rings. The molecule has 0 saturated heterocycles. The molecule has 0 fully saturated rings. The molecule has 4 heteroatoms. The molecule has 0 bridgehead atoms. The van der Waals surface area contributed by atoms with E-state index in [1.807, 2.05) is 18.2 Å². The van der Waals surface area contributed by atoms with E-state index in [9.17, 15) is 13.2 Å². The molecule has 0 spiro atoms. The highest BCUT2D eigenvalue weighted by atomic mass is 19.4. The third-order valence-corrected chi connectivity index (χ3v) is 3.50. The zero-order chi connectivity index (χ0) is 15.5. The van der Waals surface area contributed by atoms with Crippen LogP contribution in [-0.2, 0) is 11.6 Å². The zero-order valence-electron chi connectivity index (χ0n) is 12.0. The summed E-state index contributed by atoms with van der Waals surface area (Å²) in [5.74, 6) is 0. The average Bonchev–Trinajstić information content (AvgIpc) is 2.46. The Morgan fingerprint density at radius 3 is 1.90 bits per heavy atom. The highest BCUT2D eigenvalue weighted by Gasteiger charge is 2.30. The van der Waals surface area contributed by atoms with Gasteiger partial charge >= 0.3 is 6.18 Å². The highest BCUT2D eigenvalue weighted by molar-refractivity contribution is 5.46. The summed E-state index contributed by atoms with van der Waals surface area (Å²) in [7, 11) is 0. The summed E-state index contributed by atoms with van der Waals surface area (Å²) in [6.45, 7) is 4.83. The second-order valence-electron chi connectivity index (χ2n) is 5.68. The molecule has 0 aromatic heterocycles. The minimum Gasteiger partial charge on any atom is -0.384 e. The van der Waals surface area contributed by atoms with Crippen molar-refractivity contribution < 1.29 is 13.2 Å². The van der Waals surface area contributed by atoms with Crippen molar-refractivity contribution in [2.45, 2.75) is 25.4 Å². The van der Waals surface area contributed by atoms with Crippen molar-refractivity contribution in [3.63, 3.8) is 0 Å². The second-order valence-corrected chi connectivity index (χ2v) is 5.68. The fraction of sp³-hybridized carbons (Fsp3) is 0.294. The molecule has 2 aromatic carbocycles. The lowest BCUT2D eigenvalue weighted by Gasteiger charge is -2.26. The van der Waals surface area contributed by atoms with E-state index in [2.05, 4.69) is 31.3 Å². The quantitative estimate of drug-likeness (QED) is 0.827. The summed E-state index contributed by atoms with van der Waals surface area (Å²) in [6, 6.07) is 15.1. The van der Waals surface area contributed by atoms with Gasteiger partial charge in [-0.15, -0.1) is 0 Å². The van der Waals surface area contributed by atoms with E-state index < -0.39 is 11.7 Å². The monoisotopic (exact) mass is 293 g/mol. The van der Waals surface area contributed by atoms with Crippen molar-refractivity contribution in [1.82, 2.24) is 0 Å². The van der Waals surface area contributed by atoms with E-state index in [4.69, 9.17) is 0 Å². The highest BCUT2D eigenvalue weighted by Crippen LogP contribution is 2.30. The molecule has 0 aliphatic heterocycles. The molecule has 0 radical (unpaired) electrons. The summed E-state index contributed by atoms with van der Waals surface area (Å²) < 4.78 is 37.5. The molecule has 0 saturated carbocycles. The summed E-state index contributed by atoms with van der Waals surface area (Å²) in [6.07, 6.45) is -4.29. The topological polar surface area (TPSA) is 12.0 Å². The van der Waals surface area contributed by atoms with Gasteiger partial charge in [0.2, 0.25) is 0 Å². The first kappa shape index (κ1) is 15.4. The van der Waals surface area contributed by atoms with Gasteiger partial charge < -0.3 is 5.32 Å². The lowest BCUT2D eigenvalue weighted by molar-refractivity contribution is -0.137. The van der Waals surface area contributed by atoms with Crippen LogP contribution in [0.3, 0.4) is 0 Å². The van der Waals surface area contributed by atoms with Crippen LogP contribution < -0.4 is 5.32 Å². The number of benzene rings is 2. The van der Waals surface area contributed by atoms with E-state index in [1.165, 1.54) is 17.7 Å². The normalized spacial score (nSPS) is 12.2. The third-order valence-electron chi connectivity index (χ3n) is 3.50. The third kappa shape index (κ3) is 4.00. The molecule has 21 heavy (non-hydrogen) atoms. The van der Waals surface area contributed by atoms with Gasteiger partial charge in [-0.3, -0.25) is 0 Å². The van der Waals surface area contributed by atoms with Gasteiger partial charge in [0.25, 0.3) is 0 Å². The van der Waals surface area contributed by atoms with Crippen LogP contribution in [0.2, 0.25) is 0 Å². The molecule has 0 heterocycles. The van der Waals surface area contributed by atoms with Crippen LogP contribution in [0.15, 0.2) is 54.6 Å². The number of hydrogen-bond donors (Lipinski definition) is 1. The van der Waals surface area contributed by atoms with Crippen LogP contribution in [0, 0.1) is 0 Å². The number of anilines is 1. The summed E-state index contributed by atoms with van der Waals surface area (Å²) >= 11 is 0. The molecule has 0 unspecified atom stereocenters. The minimum atomic E-state index is -4.29. The Balaban J connectivity index is 2.03. The number of rotatable bonds is 4. The first-order chi connectivity index (χ1) is 9.79. The smallest absolute Gasteiger partial charge is 0.384 e. The molecular weight excluding hydrogens is 275 g/mol. The molecule has 0 aliphatic rings. The Bertz CT molecular complexity index is 571. The molecule has 1 nitrogen and oxygen atoms in total. The van der Waals surface area contributed by atoms with Gasteiger partial charge in [0.1, 0.15) is 0 Å². The number of hydrogen-bond acceptors (Lipinski definition) is 1. The standard InChI is InChI=1S/C17H18F3N/c1-16(2,13-6-4-3-5-7-13)12-21-15-10-8-14(9-11-15)17(18,19)20/h3-11,21H,12H2,1-2H3. The lowest BCUT2D eigenvalue weighted by Crippen LogP contribution is -2.27. The first-order valence-electron chi connectivity index (χ1n) is 6.76. The van der Waals surface area contributed by atoms with Crippen molar-refractivity contribution in [3.05, 3.63) is 65.7 Å². The fourth-order valence-electron chi connectivity index (χ4n) is 2.09. The van der Waals surface area contributed by atoms with Gasteiger partial charge in [0, 0.05) is 17.6 Å². The number of alkyl halides is 3. The van der Waals surface area contributed by atoms with Crippen LogP contribution in [0.4, 0.5) is 18.9 Å². The predicted octanol–water partition coefficient (Wildman–Crippen LogP) is 5.10. The van der Waals surface area contributed by atoms with E-state index in [0.29, 0.717) is 12.2 Å². The molecule has 1 N–H and O–H groups in total. The summed E-state index contributed by atoms with van der Waals surface area (Å²) in [5, 5.41) is 3.19. The Labute approximate surface area is 122 Å². The van der Waals surface area contributed by atoms with E-state index in [0.717, 1.165) is 12.1 Å². The number of nitrogens with one attached hydrogen (secondary N) is 1. The molecule has 2 rings (SSSR count). The second kappa shape index (κ2) is 5.80. The van der Waals surface area contributed by atoms with Crippen LogP contribution in [-0.4, -0.2) is 6.54 Å². The molecule has 112 valence electrons. The average molecular weight is 293 g/mol. The minimum absolute atomic E-state index is 0.107. The largest absolute Gasteiger partial charge is 0.416 e. The molecule has 0 atom stereocenters. The first-order valence-corrected chi connectivity index (χ1v) is 6.76. The van der Waals surface area contributed by atoms with Gasteiger partial charge in [-0.25, -0.2) is 0 Å². The Kier molecular flexibility index (Phi) is 4.26. The summed E-state index contributed by atoms with van der Waals surface area (Å²) in [5.41, 5.74) is 1.14. The van der Waals surface area contributed by atoms with Gasteiger partial charge in [-0.1, -0.05) is 44.2 Å². The van der Waals surface area contributed by atoms with Crippen molar-refractivity contribution >= 4 is 5.69 Å². The summed E-state index contributed by atoms with van der Waals surface area (Å²) in [4.78, 5) is 0. The van der Waals surface area contributed by atoms with Crippen LogP contribution in [0.5, 0.6) is 0 Å². The number of halogens is 3. The molecule has 0 amide bonds. The SMILES string of the molecule is CC(C)(CNc1ccc(C(F)(F)F)cc1)c1ccccc1. The predicted molar refractivity (Wildman–Crippen MR) is 79.4 cm³/mol. The van der Waals surface area contributed by atoms with Gasteiger partial charge in [-0.2, -0.15) is 13.2 Å². The van der Waals surface area contributed by atoms with Crippen LogP contribution in [0.1, 0.15) is 25.0 Å². The molecular formula is C17H18F3N. The van der Waals surface area contributed by atoms with Gasteiger partial charge in [0.15, 0.2) is 0 Å². The van der Waals surface area contributed by atoms with Crippen molar-refractivity contribution in [3.8, 4) is 0 Å². The fourth-order valence-corrected chi connectivity index (χ4v) is 2.09. The van der Waals surface area contributed by atoms with E-state index in [1.54, 1.807) is 0 Å². The maximum atomic E-state index is 12.5. The van der Waals surface area contributed by atoms with Gasteiger partial charge in [-0.05, 0) is 29.8 Å². The molecule has 0 aliphatic carbocycles. The maximum absolute atomic E-state index is 12.5. The van der Waals surface area contributed by atoms with Crippen LogP contribution >= 0.6 is 0 Å². The Morgan fingerprint density at radius 1 is 0.810 bits per heavy atom. The Morgan fingerprint density at radius 2 is 1.38 bits per heavy atom. The van der Waals surface area contributed by atoms with Crippen molar-refractivity contribution in [2.75, 3.05) is 11.9 Å². The zero-order valence-corrected chi connectivity index (χ0v) is 12.0. The van der Waals surface area contributed by atoms with Crippen molar-refractivity contribution in [2.24, 2.45) is 0 Å². The van der Waals surface area contributed by atoms with Crippen molar-refractivity contribution in [1.29, 1.82) is 0 Å². The lowest BCUT2D eigenvalue weighted by atomic mass is 9.84. The maximum Gasteiger partial charge on any atom is 0.416 e. The van der Waals surface area contributed by atoms with Gasteiger partial charge in [0.05, 0.1) is 5.56 Å². The van der Waals surface area contributed by atoms with Crippen LogP contribution in [0.25, 0.3) is 0 Å². The Hall–Kier alpha value is -1.97. The van der Waals surface area contributed by atoms with E-state index in [-0.39, 0.29) is 5.41 Å². The van der Waals surface area contributed by atoms with E-state index >= 15 is 0 Å².